The van der Waals surface area contributed by atoms with Gasteiger partial charge in [0.15, 0.2) is 11.4 Å². The van der Waals surface area contributed by atoms with Gasteiger partial charge in [-0.15, -0.1) is 0 Å². The number of rotatable bonds is 4. The van der Waals surface area contributed by atoms with E-state index in [1.165, 1.54) is 0 Å². The van der Waals surface area contributed by atoms with Crippen molar-refractivity contribution in [3.05, 3.63) is 10.6 Å². The molecule has 1 aliphatic heterocycles. The highest BCUT2D eigenvalue weighted by Gasteiger charge is 2.23. The minimum atomic E-state index is 0.452. The molecule has 0 saturated carbocycles. The van der Waals surface area contributed by atoms with Crippen molar-refractivity contribution in [1.29, 1.82) is 0 Å². The van der Waals surface area contributed by atoms with E-state index in [1.54, 1.807) is 11.3 Å². The van der Waals surface area contributed by atoms with Crippen molar-refractivity contribution in [3.63, 3.8) is 0 Å². The van der Waals surface area contributed by atoms with Crippen LogP contribution in [0.3, 0.4) is 0 Å². The molecule has 1 saturated heterocycles. The van der Waals surface area contributed by atoms with Crippen LogP contribution in [0.4, 0.5) is 5.13 Å². The highest BCUT2D eigenvalue weighted by Crippen LogP contribution is 2.28. The number of carbonyl (C=O) groups excluding carboxylic acids is 1. The second-order valence-electron chi connectivity index (χ2n) is 5.33. The maximum absolute atomic E-state index is 11.1. The second-order valence-corrected chi connectivity index (χ2v) is 6.34. The topological polar surface area (TPSA) is 36.4 Å². The molecule has 0 aliphatic carbocycles. The second kappa shape index (κ2) is 6.48. The summed E-state index contributed by atoms with van der Waals surface area (Å²) in [5.74, 6) is 0. The van der Waals surface area contributed by atoms with Gasteiger partial charge in [0, 0.05) is 19.1 Å². The molecule has 0 aromatic carbocycles. The number of hydrogen-bond donors (Lipinski definition) is 0. The van der Waals surface area contributed by atoms with Crippen molar-refractivity contribution in [3.8, 4) is 0 Å². The number of aryl methyl sites for hydroxylation is 1. The van der Waals surface area contributed by atoms with E-state index >= 15 is 0 Å². The Kier molecular flexibility index (Phi) is 4.93. The normalized spacial score (nSPS) is 21.4. The van der Waals surface area contributed by atoms with Crippen LogP contribution in [0.25, 0.3) is 0 Å². The smallest absolute Gasteiger partial charge is 0.186 e. The van der Waals surface area contributed by atoms with Crippen LogP contribution in [0.15, 0.2) is 0 Å². The molecule has 1 fully saturated rings. The van der Waals surface area contributed by atoms with E-state index < -0.39 is 0 Å². The molecule has 0 spiro atoms. The lowest BCUT2D eigenvalue weighted by atomic mass is 10.2. The maximum atomic E-state index is 11.1. The van der Waals surface area contributed by atoms with Crippen LogP contribution in [-0.2, 0) is 6.42 Å². The summed E-state index contributed by atoms with van der Waals surface area (Å²) in [6.45, 7) is 7.58. The third-order valence-electron chi connectivity index (χ3n) is 3.60. The SMILES string of the molecule is CCCc1nc(N2CCCN(C)CC2C)sc1C=O. The lowest BCUT2D eigenvalue weighted by Gasteiger charge is -2.27. The van der Waals surface area contributed by atoms with Crippen LogP contribution in [0.2, 0.25) is 0 Å². The monoisotopic (exact) mass is 281 g/mol. The van der Waals surface area contributed by atoms with E-state index in [0.717, 1.165) is 60.9 Å². The fourth-order valence-electron chi connectivity index (χ4n) is 2.64. The molecule has 1 aliphatic rings. The largest absolute Gasteiger partial charge is 0.344 e. The van der Waals surface area contributed by atoms with E-state index in [2.05, 4.69) is 30.7 Å². The van der Waals surface area contributed by atoms with Gasteiger partial charge in [0.25, 0.3) is 0 Å². The number of aromatic nitrogens is 1. The number of aldehydes is 1. The Morgan fingerprint density at radius 3 is 2.95 bits per heavy atom. The van der Waals surface area contributed by atoms with E-state index in [-0.39, 0.29) is 0 Å². The third kappa shape index (κ3) is 3.34. The standard InChI is InChI=1S/C14H23N3OS/c1-4-6-12-13(10-18)19-14(15-12)17-8-5-7-16(3)9-11(17)2/h10-11H,4-9H2,1-3H3. The molecule has 0 N–H and O–H groups in total. The summed E-state index contributed by atoms with van der Waals surface area (Å²) in [5.41, 5.74) is 0.974. The van der Waals surface area contributed by atoms with Gasteiger partial charge in [0.2, 0.25) is 0 Å². The molecule has 0 radical (unpaired) electrons. The van der Waals surface area contributed by atoms with Crippen molar-refractivity contribution in [2.24, 2.45) is 0 Å². The third-order valence-corrected chi connectivity index (χ3v) is 4.66. The molecule has 1 unspecified atom stereocenters. The van der Waals surface area contributed by atoms with Gasteiger partial charge >= 0.3 is 0 Å². The van der Waals surface area contributed by atoms with Crippen LogP contribution in [-0.4, -0.2) is 48.9 Å². The molecule has 2 heterocycles. The number of likely N-dealkylation sites (N-methyl/N-ethyl adjacent to an activating group) is 1. The van der Waals surface area contributed by atoms with Crippen LogP contribution in [0.1, 0.15) is 42.1 Å². The van der Waals surface area contributed by atoms with Gasteiger partial charge in [0.1, 0.15) is 0 Å². The summed E-state index contributed by atoms with van der Waals surface area (Å²) >= 11 is 1.55. The van der Waals surface area contributed by atoms with Gasteiger partial charge in [-0.2, -0.15) is 0 Å². The fraction of sp³-hybridized carbons (Fsp3) is 0.714. The fourth-order valence-corrected chi connectivity index (χ4v) is 3.69. The van der Waals surface area contributed by atoms with Gasteiger partial charge in [-0.05, 0) is 33.4 Å². The maximum Gasteiger partial charge on any atom is 0.186 e. The summed E-state index contributed by atoms with van der Waals surface area (Å²) in [7, 11) is 2.17. The van der Waals surface area contributed by atoms with Gasteiger partial charge in [-0.25, -0.2) is 4.98 Å². The molecular weight excluding hydrogens is 258 g/mol. The molecular formula is C14H23N3OS. The highest BCUT2D eigenvalue weighted by atomic mass is 32.1. The quantitative estimate of drug-likeness (QED) is 0.794. The molecule has 5 heteroatoms. The Balaban J connectivity index is 2.22. The lowest BCUT2D eigenvalue weighted by Crippen LogP contribution is -2.37. The van der Waals surface area contributed by atoms with E-state index in [1.807, 2.05) is 0 Å². The first-order valence-electron chi connectivity index (χ1n) is 7.05. The van der Waals surface area contributed by atoms with Gasteiger partial charge in [-0.1, -0.05) is 24.7 Å². The first-order valence-corrected chi connectivity index (χ1v) is 7.87. The van der Waals surface area contributed by atoms with E-state index in [4.69, 9.17) is 4.98 Å². The predicted molar refractivity (Wildman–Crippen MR) is 80.4 cm³/mol. The minimum Gasteiger partial charge on any atom is -0.344 e. The lowest BCUT2D eigenvalue weighted by molar-refractivity contribution is 0.112. The molecule has 0 bridgehead atoms. The molecule has 1 atom stereocenters. The van der Waals surface area contributed by atoms with Crippen LogP contribution in [0, 0.1) is 0 Å². The van der Waals surface area contributed by atoms with Crippen molar-refractivity contribution in [2.45, 2.75) is 39.2 Å². The Morgan fingerprint density at radius 2 is 2.26 bits per heavy atom. The summed E-state index contributed by atoms with van der Waals surface area (Å²) in [6, 6.07) is 0.452. The first kappa shape index (κ1) is 14.5. The average molecular weight is 281 g/mol. The minimum absolute atomic E-state index is 0.452. The zero-order chi connectivity index (χ0) is 13.8. The summed E-state index contributed by atoms with van der Waals surface area (Å²) in [5, 5.41) is 1.02. The van der Waals surface area contributed by atoms with E-state index in [0.29, 0.717) is 6.04 Å². The van der Waals surface area contributed by atoms with Crippen molar-refractivity contribution in [2.75, 3.05) is 31.6 Å². The molecule has 4 nitrogen and oxygen atoms in total. The molecule has 1 aromatic rings. The van der Waals surface area contributed by atoms with Gasteiger partial charge in [0.05, 0.1) is 10.6 Å². The summed E-state index contributed by atoms with van der Waals surface area (Å²) in [6.07, 6.45) is 4.04. The van der Waals surface area contributed by atoms with Gasteiger partial charge < -0.3 is 9.80 Å². The van der Waals surface area contributed by atoms with Crippen LogP contribution in [0.5, 0.6) is 0 Å². The summed E-state index contributed by atoms with van der Waals surface area (Å²) < 4.78 is 0. The van der Waals surface area contributed by atoms with Crippen molar-refractivity contribution < 1.29 is 4.79 Å². The Morgan fingerprint density at radius 1 is 1.47 bits per heavy atom. The zero-order valence-corrected chi connectivity index (χ0v) is 12.9. The Labute approximate surface area is 119 Å². The average Bonchev–Trinajstić information content (AvgIpc) is 2.69. The van der Waals surface area contributed by atoms with Crippen molar-refractivity contribution in [1.82, 2.24) is 9.88 Å². The Hall–Kier alpha value is -0.940. The molecule has 106 valence electrons. The van der Waals surface area contributed by atoms with Crippen LogP contribution < -0.4 is 4.90 Å². The number of nitrogens with zero attached hydrogens (tertiary/aromatic N) is 3. The number of hydrogen-bond acceptors (Lipinski definition) is 5. The van der Waals surface area contributed by atoms with E-state index in [9.17, 15) is 4.79 Å². The Bertz CT molecular complexity index is 432. The van der Waals surface area contributed by atoms with Gasteiger partial charge in [-0.3, -0.25) is 4.79 Å². The van der Waals surface area contributed by atoms with Crippen molar-refractivity contribution >= 4 is 22.8 Å². The molecule has 19 heavy (non-hydrogen) atoms. The summed E-state index contributed by atoms with van der Waals surface area (Å²) in [4.78, 5) is 21.4. The predicted octanol–water partition coefficient (Wildman–Crippen LogP) is 2.44. The molecule has 2 rings (SSSR count). The van der Waals surface area contributed by atoms with Crippen LogP contribution >= 0.6 is 11.3 Å². The molecule has 1 aromatic heterocycles. The number of anilines is 1. The number of carbonyl (C=O) groups is 1. The zero-order valence-electron chi connectivity index (χ0n) is 12.1. The number of thiazole rings is 1. The first-order chi connectivity index (χ1) is 9.15. The highest BCUT2D eigenvalue weighted by molar-refractivity contribution is 7.17. The molecule has 0 amide bonds.